The van der Waals surface area contributed by atoms with Crippen LogP contribution < -0.4 is 37.9 Å². The minimum Gasteiger partial charge on any atom is -0.507 e. The topological polar surface area (TPSA) is 204 Å². The number of benzene rings is 8. The number of nitrogens with zero attached hydrogens (tertiary/aromatic N) is 4. The van der Waals surface area contributed by atoms with Crippen LogP contribution in [0.2, 0.25) is 0 Å². The molecule has 16 heteroatoms. The second-order valence-electron chi connectivity index (χ2n) is 18.6. The summed E-state index contributed by atoms with van der Waals surface area (Å²) in [7, 11) is 12.6. The van der Waals surface area contributed by atoms with E-state index in [2.05, 4.69) is 0 Å². The van der Waals surface area contributed by atoms with E-state index in [1.807, 2.05) is 0 Å². The summed E-state index contributed by atoms with van der Waals surface area (Å²) in [5.41, 5.74) is 7.63. The monoisotopic (exact) mass is 1080 g/mol. The first-order valence-electron chi connectivity index (χ1n) is 25.3. The lowest BCUT2D eigenvalue weighted by atomic mass is 9.90. The lowest BCUT2D eigenvalue weighted by molar-refractivity contribution is 0.402. The predicted molar refractivity (Wildman–Crippen MR) is 311 cm³/mol. The first-order valence-corrected chi connectivity index (χ1v) is 25.3. The molecule has 8 aromatic carbocycles. The smallest absolute Gasteiger partial charge is 0.127 e. The molecule has 0 aliphatic heterocycles. The normalized spacial score (nSPS) is 12.3. The van der Waals surface area contributed by atoms with E-state index in [1.54, 1.807) is 203 Å². The third kappa shape index (κ3) is 12.2. The lowest BCUT2D eigenvalue weighted by Crippen LogP contribution is -2.01. The molecular weight excluding hydrogens is 1020 g/mol. The summed E-state index contributed by atoms with van der Waals surface area (Å²) in [6.45, 7) is 0. The first-order chi connectivity index (χ1) is 38.8. The Hall–Kier alpha value is -9.96. The highest BCUT2D eigenvalue weighted by molar-refractivity contribution is 5.89. The number of ether oxygens (including phenoxy) is 8. The summed E-state index contributed by atoms with van der Waals surface area (Å²) in [4.78, 5) is 19.6. The van der Waals surface area contributed by atoms with Crippen molar-refractivity contribution in [1.29, 1.82) is 0 Å². The molecule has 408 valence electrons. The van der Waals surface area contributed by atoms with Gasteiger partial charge in [0.1, 0.15) is 69.0 Å². The number of fused-ring (bicyclic) bond motifs is 8. The van der Waals surface area contributed by atoms with Crippen LogP contribution in [-0.4, -0.2) is 102 Å². The van der Waals surface area contributed by atoms with Gasteiger partial charge in [0.25, 0.3) is 0 Å². The summed E-state index contributed by atoms with van der Waals surface area (Å²) in [6.07, 6.45) is 6.55. The molecule has 1 aliphatic carbocycles. The minimum atomic E-state index is -0.0834. The van der Waals surface area contributed by atoms with Gasteiger partial charge in [-0.05, 0) is 121 Å². The average Bonchev–Trinajstić information content (AvgIpc) is 3.53. The predicted octanol–water partition coefficient (Wildman–Crippen LogP) is 12.3. The first kappa shape index (κ1) is 54.8. The minimum absolute atomic E-state index is 0.0107. The molecule has 0 saturated heterocycles. The number of rotatable bonds is 16. The maximum Gasteiger partial charge on any atom is 0.127 e. The fraction of sp³-hybridized carbons (Fsp3) is 0.188. The van der Waals surface area contributed by atoms with E-state index in [0.717, 1.165) is 0 Å². The summed E-state index contributed by atoms with van der Waals surface area (Å²) in [5.74, 6) is 4.30. The lowest BCUT2D eigenvalue weighted by Gasteiger charge is -2.19. The van der Waals surface area contributed by atoms with E-state index in [9.17, 15) is 20.4 Å². The molecule has 1 aliphatic rings. The van der Waals surface area contributed by atoms with Gasteiger partial charge >= 0.3 is 0 Å². The quantitative estimate of drug-likeness (QED) is 0.0668. The van der Waals surface area contributed by atoms with Crippen molar-refractivity contribution >= 4 is 47.6 Å². The Kier molecular flexibility index (Phi) is 16.8. The van der Waals surface area contributed by atoms with Gasteiger partial charge in [-0.25, -0.2) is 0 Å². The number of aliphatic imine (C=N–C) groups is 4. The second-order valence-corrected chi connectivity index (χ2v) is 18.6. The molecule has 9 rings (SSSR count). The average molecular weight is 1080 g/mol. The Labute approximate surface area is 463 Å². The standard InChI is InChI=1S/C64H60N4O12/c1-73-53-9-13-57(77-5)45(29-53)33-65-49-21-37-17-39-23-50(66-34-46-30-54(74-2)10-14-58(46)78-6)25-41(62(39)70)19-43-27-52(68-36-48-32-56(76-4)12-16-60(48)80-8)28-44(64(43)72)20-42-26-51(24-40(63(42)71)18-38(22-49)61(37)69)67-35-47-31-55(75-3)11-15-59(47)79-7/h9-16,21-36,69-72H,17-20H2,1-8H3. The van der Waals surface area contributed by atoms with E-state index in [4.69, 9.17) is 57.9 Å². The third-order valence-corrected chi connectivity index (χ3v) is 13.7. The van der Waals surface area contributed by atoms with Crippen LogP contribution in [-0.2, 0) is 25.7 Å². The van der Waals surface area contributed by atoms with E-state index in [1.165, 1.54) is 0 Å². The molecule has 0 fully saturated rings. The SMILES string of the molecule is COc1ccc(OC)c(C=Nc2cc3c(O)c(c2)Cc2cc(N=Cc4cc(OC)ccc4OC)cc(c2O)Cc2cc(N=Cc4cc(OC)ccc4OC)cc(c2O)Cc2cc(N=Cc4cc(OC)ccc4OC)cc(c2O)C3)c1. The fourth-order valence-electron chi connectivity index (χ4n) is 9.50. The third-order valence-electron chi connectivity index (χ3n) is 13.7. The van der Waals surface area contributed by atoms with Gasteiger partial charge in [-0.2, -0.15) is 0 Å². The van der Waals surface area contributed by atoms with Gasteiger partial charge in [-0.15, -0.1) is 0 Å². The summed E-state index contributed by atoms with van der Waals surface area (Å²) >= 11 is 0. The van der Waals surface area contributed by atoms with Gasteiger partial charge in [0, 0.05) is 117 Å². The Morgan fingerprint density at radius 2 is 0.463 bits per heavy atom. The van der Waals surface area contributed by atoms with Crippen molar-refractivity contribution in [3.05, 3.63) is 188 Å². The molecule has 0 saturated carbocycles. The second kappa shape index (κ2) is 24.6. The Balaban J connectivity index is 1.27. The highest BCUT2D eigenvalue weighted by atomic mass is 16.5. The van der Waals surface area contributed by atoms with Crippen molar-refractivity contribution in [3.63, 3.8) is 0 Å². The van der Waals surface area contributed by atoms with Crippen molar-refractivity contribution in [1.82, 2.24) is 0 Å². The van der Waals surface area contributed by atoms with Crippen LogP contribution in [0.3, 0.4) is 0 Å². The van der Waals surface area contributed by atoms with Gasteiger partial charge in [-0.3, -0.25) is 20.0 Å². The molecule has 0 amide bonds. The molecule has 80 heavy (non-hydrogen) atoms. The van der Waals surface area contributed by atoms with Crippen molar-refractivity contribution in [2.75, 3.05) is 56.9 Å². The van der Waals surface area contributed by atoms with Crippen LogP contribution in [0.15, 0.2) is 141 Å². The van der Waals surface area contributed by atoms with Gasteiger partial charge in [0.05, 0.1) is 79.6 Å². The molecule has 0 aromatic heterocycles. The highest BCUT2D eigenvalue weighted by Crippen LogP contribution is 2.43. The zero-order valence-electron chi connectivity index (χ0n) is 45.5. The molecule has 0 spiro atoms. The van der Waals surface area contributed by atoms with Crippen molar-refractivity contribution in [2.45, 2.75) is 25.7 Å². The summed E-state index contributed by atoms with van der Waals surface area (Å²) in [5, 5.41) is 49.9. The number of hydrogen-bond acceptors (Lipinski definition) is 16. The highest BCUT2D eigenvalue weighted by Gasteiger charge is 2.23. The van der Waals surface area contributed by atoms with Crippen LogP contribution in [0, 0.1) is 0 Å². The zero-order chi connectivity index (χ0) is 56.5. The van der Waals surface area contributed by atoms with E-state index in [0.29, 0.717) is 136 Å². The van der Waals surface area contributed by atoms with E-state index in [-0.39, 0.29) is 48.7 Å². The molecule has 0 unspecified atom stereocenters. The van der Waals surface area contributed by atoms with Gasteiger partial charge in [0.15, 0.2) is 0 Å². The number of phenols is 4. The van der Waals surface area contributed by atoms with Crippen molar-refractivity contribution in [3.8, 4) is 69.0 Å². The number of hydrogen-bond donors (Lipinski definition) is 4. The zero-order valence-corrected chi connectivity index (χ0v) is 45.5. The van der Waals surface area contributed by atoms with E-state index < -0.39 is 0 Å². The number of phenolic OH excluding ortho intramolecular Hbond substituents is 4. The Morgan fingerprint density at radius 1 is 0.275 bits per heavy atom. The van der Waals surface area contributed by atoms with Gasteiger partial charge in [-0.1, -0.05) is 0 Å². The number of methoxy groups -OCH3 is 8. The van der Waals surface area contributed by atoms with Gasteiger partial charge in [0.2, 0.25) is 0 Å². The van der Waals surface area contributed by atoms with Crippen molar-refractivity contribution in [2.24, 2.45) is 20.0 Å². The molecule has 4 N–H and O–H groups in total. The van der Waals surface area contributed by atoms with Crippen LogP contribution >= 0.6 is 0 Å². The van der Waals surface area contributed by atoms with Crippen LogP contribution in [0.5, 0.6) is 69.0 Å². The summed E-state index contributed by atoms with van der Waals surface area (Å²) in [6, 6.07) is 35.4. The molecule has 8 bridgehead atoms. The molecule has 16 nitrogen and oxygen atoms in total. The Bertz CT molecular complexity index is 3160. The van der Waals surface area contributed by atoms with Crippen LogP contribution in [0.4, 0.5) is 22.7 Å². The number of aromatic hydroxyl groups is 4. The van der Waals surface area contributed by atoms with Crippen molar-refractivity contribution < 1.29 is 58.3 Å². The maximum atomic E-state index is 12.5. The fourth-order valence-corrected chi connectivity index (χ4v) is 9.50. The molecule has 0 radical (unpaired) electrons. The largest absolute Gasteiger partial charge is 0.507 e. The van der Waals surface area contributed by atoms with Crippen LogP contribution in [0.25, 0.3) is 0 Å². The van der Waals surface area contributed by atoms with Crippen LogP contribution in [0.1, 0.15) is 66.8 Å². The molecule has 8 aromatic rings. The van der Waals surface area contributed by atoms with E-state index >= 15 is 0 Å². The Morgan fingerprint density at radius 3 is 0.625 bits per heavy atom. The molecule has 0 atom stereocenters. The molecular formula is C64H60N4O12. The summed E-state index contributed by atoms with van der Waals surface area (Å²) < 4.78 is 44.7. The van der Waals surface area contributed by atoms with Gasteiger partial charge < -0.3 is 58.3 Å². The molecule has 0 heterocycles. The maximum absolute atomic E-state index is 12.5.